The van der Waals surface area contributed by atoms with Crippen molar-refractivity contribution in [2.45, 2.75) is 6.61 Å². The number of aromatic hydroxyl groups is 1. The molecule has 0 aliphatic carbocycles. The van der Waals surface area contributed by atoms with E-state index < -0.39 is 5.82 Å². The van der Waals surface area contributed by atoms with E-state index in [1.807, 2.05) is 0 Å². The maximum Gasteiger partial charge on any atom is 0.163 e. The van der Waals surface area contributed by atoms with Gasteiger partial charge in [-0.15, -0.1) is 5.11 Å². The summed E-state index contributed by atoms with van der Waals surface area (Å²) in [5.74, 6) is -0.469. The highest BCUT2D eigenvalue weighted by Gasteiger charge is 2.10. The topological polar surface area (TPSA) is 74.4 Å². The van der Waals surface area contributed by atoms with Crippen molar-refractivity contribution in [1.29, 1.82) is 0 Å². The minimum Gasteiger partial charge on any atom is -0.504 e. The van der Waals surface area contributed by atoms with Crippen molar-refractivity contribution in [3.05, 3.63) is 47.8 Å². The summed E-state index contributed by atoms with van der Waals surface area (Å²) in [6.07, 6.45) is 0. The van der Waals surface area contributed by atoms with Crippen LogP contribution in [-0.2, 0) is 6.61 Å². The van der Waals surface area contributed by atoms with E-state index in [1.54, 1.807) is 12.1 Å². The molecule has 0 fully saturated rings. The summed E-state index contributed by atoms with van der Waals surface area (Å²) in [6, 6.07) is 8.87. The number of halogens is 1. The first-order valence-electron chi connectivity index (χ1n) is 5.82. The predicted octanol–water partition coefficient (Wildman–Crippen LogP) is 3.45. The van der Waals surface area contributed by atoms with Crippen molar-refractivity contribution in [3.8, 4) is 11.5 Å². The van der Waals surface area contributed by atoms with Crippen molar-refractivity contribution in [3.63, 3.8) is 0 Å². The van der Waals surface area contributed by atoms with Crippen LogP contribution in [0.15, 0.2) is 46.6 Å². The van der Waals surface area contributed by atoms with E-state index >= 15 is 0 Å². The average Bonchev–Trinajstić information content (AvgIpc) is 2.47. The van der Waals surface area contributed by atoms with Crippen molar-refractivity contribution in [2.24, 2.45) is 10.2 Å². The monoisotopic (exact) mass is 276 g/mol. The molecule has 104 valence electrons. The highest BCUT2D eigenvalue weighted by atomic mass is 19.1. The van der Waals surface area contributed by atoms with Gasteiger partial charge in [-0.2, -0.15) is 5.11 Å². The van der Waals surface area contributed by atoms with Crippen molar-refractivity contribution < 1.29 is 19.3 Å². The molecule has 0 amide bonds. The maximum atomic E-state index is 13.4. The van der Waals surface area contributed by atoms with Gasteiger partial charge in [0.2, 0.25) is 0 Å². The minimum absolute atomic E-state index is 0.102. The van der Waals surface area contributed by atoms with E-state index in [1.165, 1.54) is 31.4 Å². The van der Waals surface area contributed by atoms with Crippen LogP contribution in [0, 0.1) is 5.82 Å². The van der Waals surface area contributed by atoms with Gasteiger partial charge in [0.25, 0.3) is 0 Å². The Labute approximate surface area is 115 Å². The Kier molecular flexibility index (Phi) is 4.27. The van der Waals surface area contributed by atoms with Gasteiger partial charge < -0.3 is 14.9 Å². The zero-order chi connectivity index (χ0) is 14.5. The number of nitrogens with zero attached hydrogens (tertiary/aromatic N) is 2. The molecule has 2 N–H and O–H groups in total. The van der Waals surface area contributed by atoms with E-state index in [9.17, 15) is 9.50 Å². The first kappa shape index (κ1) is 14.0. The zero-order valence-electron chi connectivity index (χ0n) is 10.7. The number of phenols is 1. The molecule has 0 unspecified atom stereocenters. The van der Waals surface area contributed by atoms with Crippen LogP contribution in [-0.4, -0.2) is 17.3 Å². The van der Waals surface area contributed by atoms with Gasteiger partial charge in [0.05, 0.1) is 19.4 Å². The molecule has 0 aliphatic heterocycles. The third-order valence-electron chi connectivity index (χ3n) is 2.65. The lowest BCUT2D eigenvalue weighted by molar-refractivity contribution is 0.272. The number of hydrogen-bond acceptors (Lipinski definition) is 5. The van der Waals surface area contributed by atoms with Gasteiger partial charge >= 0.3 is 0 Å². The van der Waals surface area contributed by atoms with E-state index in [0.717, 1.165) is 0 Å². The molecular formula is C14H13FN2O3. The van der Waals surface area contributed by atoms with Gasteiger partial charge in [-0.1, -0.05) is 12.1 Å². The van der Waals surface area contributed by atoms with Crippen LogP contribution in [0.5, 0.6) is 11.5 Å². The number of ether oxygens (including phenoxy) is 1. The Morgan fingerprint density at radius 3 is 2.60 bits per heavy atom. The molecule has 2 aromatic rings. The molecule has 0 aliphatic rings. The van der Waals surface area contributed by atoms with Crippen molar-refractivity contribution >= 4 is 11.4 Å². The van der Waals surface area contributed by atoms with Gasteiger partial charge in [0.15, 0.2) is 17.3 Å². The lowest BCUT2D eigenvalue weighted by atomic mass is 10.1. The van der Waals surface area contributed by atoms with E-state index in [-0.39, 0.29) is 29.4 Å². The number of aliphatic hydroxyl groups excluding tert-OH is 1. The molecule has 5 nitrogen and oxygen atoms in total. The molecule has 0 heterocycles. The number of hydrogen-bond donors (Lipinski definition) is 2. The molecule has 0 spiro atoms. The smallest absolute Gasteiger partial charge is 0.163 e. The van der Waals surface area contributed by atoms with Crippen molar-refractivity contribution in [1.82, 2.24) is 0 Å². The number of benzene rings is 2. The Balaban J connectivity index is 2.36. The van der Waals surface area contributed by atoms with Crippen LogP contribution in [0.2, 0.25) is 0 Å². The summed E-state index contributed by atoms with van der Waals surface area (Å²) in [5, 5.41) is 26.5. The molecule has 0 atom stereocenters. The summed E-state index contributed by atoms with van der Waals surface area (Å²) in [4.78, 5) is 0. The molecule has 2 aromatic carbocycles. The minimum atomic E-state index is -0.482. The molecule has 0 saturated heterocycles. The number of rotatable bonds is 4. The molecule has 20 heavy (non-hydrogen) atoms. The molecular weight excluding hydrogens is 263 g/mol. The molecule has 6 heteroatoms. The fraction of sp³-hybridized carbons (Fsp3) is 0.143. The molecule has 0 aromatic heterocycles. The Hall–Kier alpha value is -2.47. The first-order chi connectivity index (χ1) is 9.65. The Morgan fingerprint density at radius 1 is 1.20 bits per heavy atom. The average molecular weight is 276 g/mol. The summed E-state index contributed by atoms with van der Waals surface area (Å²) in [6.45, 7) is -0.370. The quantitative estimate of drug-likeness (QED) is 0.840. The van der Waals surface area contributed by atoms with Crippen LogP contribution in [0.1, 0.15) is 5.56 Å². The molecule has 0 bridgehead atoms. The lowest BCUT2D eigenvalue weighted by Crippen LogP contribution is -1.89. The van der Waals surface area contributed by atoms with Gasteiger partial charge in [-0.05, 0) is 18.2 Å². The molecule has 2 rings (SSSR count). The second kappa shape index (κ2) is 6.12. The third-order valence-corrected chi connectivity index (χ3v) is 2.65. The van der Waals surface area contributed by atoms with Gasteiger partial charge in [-0.25, -0.2) is 4.39 Å². The zero-order valence-corrected chi connectivity index (χ0v) is 10.7. The highest BCUT2D eigenvalue weighted by Crippen LogP contribution is 2.35. The summed E-state index contributed by atoms with van der Waals surface area (Å²) < 4.78 is 18.4. The van der Waals surface area contributed by atoms with Crippen LogP contribution >= 0.6 is 0 Å². The van der Waals surface area contributed by atoms with Gasteiger partial charge in [-0.3, -0.25) is 0 Å². The van der Waals surface area contributed by atoms with Crippen LogP contribution < -0.4 is 4.74 Å². The number of aliphatic hydroxyl groups is 1. The van der Waals surface area contributed by atoms with Crippen LogP contribution in [0.4, 0.5) is 15.8 Å². The normalized spacial score (nSPS) is 10.9. The fourth-order valence-electron chi connectivity index (χ4n) is 1.63. The maximum absolute atomic E-state index is 13.4. The van der Waals surface area contributed by atoms with E-state index in [4.69, 9.17) is 9.84 Å². The Bertz CT molecular complexity index is 619. The molecule has 0 saturated carbocycles. The summed E-state index contributed by atoms with van der Waals surface area (Å²) in [7, 11) is 1.38. The van der Waals surface area contributed by atoms with E-state index in [2.05, 4.69) is 10.2 Å². The second-order valence-electron chi connectivity index (χ2n) is 3.97. The van der Waals surface area contributed by atoms with Crippen molar-refractivity contribution in [2.75, 3.05) is 7.11 Å². The summed E-state index contributed by atoms with van der Waals surface area (Å²) >= 11 is 0. The summed E-state index contributed by atoms with van der Waals surface area (Å²) in [5.41, 5.74) is 0.698. The second-order valence-corrected chi connectivity index (χ2v) is 3.97. The largest absolute Gasteiger partial charge is 0.504 e. The lowest BCUT2D eigenvalue weighted by Gasteiger charge is -2.08. The number of azo groups is 1. The van der Waals surface area contributed by atoms with Crippen LogP contribution in [0.25, 0.3) is 0 Å². The third kappa shape index (κ3) is 2.92. The van der Waals surface area contributed by atoms with E-state index in [0.29, 0.717) is 5.69 Å². The predicted molar refractivity (Wildman–Crippen MR) is 71.2 cm³/mol. The highest BCUT2D eigenvalue weighted by molar-refractivity contribution is 5.56. The number of methoxy groups -OCH3 is 1. The van der Waals surface area contributed by atoms with Gasteiger partial charge in [0.1, 0.15) is 5.69 Å². The standard InChI is InChI=1S/C14H13FN2O3/c1-20-13-7-10(6-9(8-18)14(13)19)16-17-12-5-3-2-4-11(12)15/h2-7,18-19H,8H2,1H3. The SMILES string of the molecule is COc1cc(N=Nc2ccccc2F)cc(CO)c1O. The van der Waals surface area contributed by atoms with Gasteiger partial charge in [0, 0.05) is 11.6 Å². The van der Waals surface area contributed by atoms with Crippen LogP contribution in [0.3, 0.4) is 0 Å². The first-order valence-corrected chi connectivity index (χ1v) is 5.82. The molecule has 0 radical (unpaired) electrons. The fourth-order valence-corrected chi connectivity index (χ4v) is 1.63. The Morgan fingerprint density at radius 2 is 1.95 bits per heavy atom.